The first kappa shape index (κ1) is 19.6. The molecule has 0 aromatic heterocycles. The average Bonchev–Trinajstić information content (AvgIpc) is 2.62. The molecule has 1 amide bonds. The van der Waals surface area contributed by atoms with E-state index >= 15 is 0 Å². The number of benzene rings is 2. The Bertz CT molecular complexity index is 943. The number of carbonyl (C=O) groups is 1. The zero-order valence-electron chi connectivity index (χ0n) is 15.0. The van der Waals surface area contributed by atoms with Crippen molar-refractivity contribution in [3.63, 3.8) is 0 Å². The third-order valence-corrected chi connectivity index (χ3v) is 5.80. The van der Waals surface area contributed by atoms with Crippen LogP contribution >= 0.6 is 0 Å². The maximum absolute atomic E-state index is 12.2. The van der Waals surface area contributed by atoms with E-state index in [1.54, 1.807) is 18.2 Å². The summed E-state index contributed by atoms with van der Waals surface area (Å²) >= 11 is 0. The number of nitrogens with zero attached hydrogens (tertiary/aromatic N) is 2. The summed E-state index contributed by atoms with van der Waals surface area (Å²) in [5, 5.41) is 11.6. The lowest BCUT2D eigenvalue weighted by molar-refractivity contribution is -0.116. The van der Waals surface area contributed by atoms with Crippen molar-refractivity contribution in [2.45, 2.75) is 24.7 Å². The van der Waals surface area contributed by atoms with E-state index in [-0.39, 0.29) is 17.2 Å². The van der Waals surface area contributed by atoms with Gasteiger partial charge in [0.1, 0.15) is 0 Å². The van der Waals surface area contributed by atoms with Crippen LogP contribution in [0.15, 0.2) is 47.4 Å². The third kappa shape index (κ3) is 4.69. The summed E-state index contributed by atoms with van der Waals surface area (Å²) in [6, 6.07) is 13.8. The minimum Gasteiger partial charge on any atom is -0.326 e. The molecule has 136 valence electrons. The molecule has 0 saturated heterocycles. The van der Waals surface area contributed by atoms with Crippen LogP contribution in [0.3, 0.4) is 0 Å². The molecule has 0 unspecified atom stereocenters. The van der Waals surface area contributed by atoms with Gasteiger partial charge in [0.05, 0.1) is 16.5 Å². The van der Waals surface area contributed by atoms with Crippen LogP contribution < -0.4 is 5.32 Å². The molecular formula is C19H21N3O3S. The molecule has 0 atom stereocenters. The third-order valence-electron chi connectivity index (χ3n) is 3.99. The lowest BCUT2D eigenvalue weighted by atomic mass is 10.1. The number of sulfonamides is 1. The fourth-order valence-electron chi connectivity index (χ4n) is 2.32. The monoisotopic (exact) mass is 371 g/mol. The molecule has 2 aromatic carbocycles. The van der Waals surface area contributed by atoms with Crippen molar-refractivity contribution < 1.29 is 13.2 Å². The zero-order chi connectivity index (χ0) is 19.3. The highest BCUT2D eigenvalue weighted by Gasteiger charge is 2.18. The Balaban J connectivity index is 2.07. The zero-order valence-corrected chi connectivity index (χ0v) is 15.8. The second kappa shape index (κ2) is 8.13. The largest absolute Gasteiger partial charge is 0.326 e. The standard InChI is InChI=1S/C19H21N3O3S/c1-14-4-10-17(26(24,25)22(2)3)12-18(14)21-19(23)11-9-15-5-7-16(13-20)8-6-15/h4-8,10,12H,9,11H2,1-3H3,(H,21,23). The number of carbonyl (C=O) groups excluding carboxylic acids is 1. The van der Waals surface area contributed by atoms with Crippen LogP contribution in [-0.4, -0.2) is 32.7 Å². The molecule has 0 heterocycles. The highest BCUT2D eigenvalue weighted by molar-refractivity contribution is 7.89. The molecule has 0 bridgehead atoms. The second-order valence-corrected chi connectivity index (χ2v) is 8.27. The molecule has 2 rings (SSSR count). The molecule has 0 spiro atoms. The highest BCUT2D eigenvalue weighted by Crippen LogP contribution is 2.22. The lowest BCUT2D eigenvalue weighted by Gasteiger charge is -2.14. The van der Waals surface area contributed by atoms with Gasteiger partial charge in [0.2, 0.25) is 15.9 Å². The van der Waals surface area contributed by atoms with Crippen molar-refractivity contribution in [1.82, 2.24) is 4.31 Å². The lowest BCUT2D eigenvalue weighted by Crippen LogP contribution is -2.22. The van der Waals surface area contributed by atoms with Crippen LogP contribution in [0.25, 0.3) is 0 Å². The summed E-state index contributed by atoms with van der Waals surface area (Å²) < 4.78 is 25.6. The van der Waals surface area contributed by atoms with E-state index in [0.717, 1.165) is 15.4 Å². The van der Waals surface area contributed by atoms with Gasteiger partial charge in [-0.2, -0.15) is 5.26 Å². The van der Waals surface area contributed by atoms with Gasteiger partial charge in [-0.3, -0.25) is 4.79 Å². The van der Waals surface area contributed by atoms with Gasteiger partial charge in [0, 0.05) is 26.2 Å². The molecular weight excluding hydrogens is 350 g/mol. The molecule has 0 aliphatic heterocycles. The van der Waals surface area contributed by atoms with Gasteiger partial charge in [-0.15, -0.1) is 0 Å². The molecule has 1 N–H and O–H groups in total. The SMILES string of the molecule is Cc1ccc(S(=O)(=O)N(C)C)cc1NC(=O)CCc1ccc(C#N)cc1. The van der Waals surface area contributed by atoms with E-state index in [0.29, 0.717) is 17.7 Å². The molecule has 0 fully saturated rings. The maximum Gasteiger partial charge on any atom is 0.242 e. The Hall–Kier alpha value is -2.69. The van der Waals surface area contributed by atoms with Crippen molar-refractivity contribution >= 4 is 21.6 Å². The molecule has 2 aromatic rings. The highest BCUT2D eigenvalue weighted by atomic mass is 32.2. The fourth-order valence-corrected chi connectivity index (χ4v) is 3.25. The number of nitrogens with one attached hydrogen (secondary N) is 1. The maximum atomic E-state index is 12.2. The summed E-state index contributed by atoms with van der Waals surface area (Å²) in [7, 11) is -0.632. The van der Waals surface area contributed by atoms with E-state index < -0.39 is 10.0 Å². The van der Waals surface area contributed by atoms with Gasteiger partial charge in [0.25, 0.3) is 0 Å². The summed E-state index contributed by atoms with van der Waals surface area (Å²) in [5.41, 5.74) is 2.81. The predicted molar refractivity (Wildman–Crippen MR) is 100 cm³/mol. The van der Waals surface area contributed by atoms with Crippen molar-refractivity contribution in [3.8, 4) is 6.07 Å². The minimum absolute atomic E-state index is 0.135. The van der Waals surface area contributed by atoms with E-state index in [4.69, 9.17) is 5.26 Å². The summed E-state index contributed by atoms with van der Waals surface area (Å²) in [4.78, 5) is 12.4. The van der Waals surface area contributed by atoms with Gasteiger partial charge in [-0.05, 0) is 48.7 Å². The summed E-state index contributed by atoms with van der Waals surface area (Å²) in [6.07, 6.45) is 0.794. The summed E-state index contributed by atoms with van der Waals surface area (Å²) in [6.45, 7) is 1.81. The predicted octanol–water partition coefficient (Wildman–Crippen LogP) is 2.69. The number of amides is 1. The Morgan fingerprint density at radius 3 is 2.38 bits per heavy atom. The number of anilines is 1. The Morgan fingerprint density at radius 2 is 1.81 bits per heavy atom. The Labute approximate surface area is 154 Å². The number of rotatable bonds is 6. The van der Waals surface area contributed by atoms with E-state index in [9.17, 15) is 13.2 Å². The Kier molecular flexibility index (Phi) is 6.14. The van der Waals surface area contributed by atoms with Crippen molar-refractivity contribution in [3.05, 3.63) is 59.2 Å². The Morgan fingerprint density at radius 1 is 1.15 bits per heavy atom. The molecule has 7 heteroatoms. The molecule has 6 nitrogen and oxygen atoms in total. The van der Waals surface area contributed by atoms with Gasteiger partial charge in [-0.25, -0.2) is 12.7 Å². The summed E-state index contributed by atoms with van der Waals surface area (Å²) in [5.74, 6) is -0.197. The number of hydrogen-bond acceptors (Lipinski definition) is 4. The molecule has 26 heavy (non-hydrogen) atoms. The van der Waals surface area contributed by atoms with Crippen LogP contribution in [-0.2, 0) is 21.2 Å². The fraction of sp³-hybridized carbons (Fsp3) is 0.263. The minimum atomic E-state index is -3.56. The van der Waals surface area contributed by atoms with Crippen LogP contribution in [0, 0.1) is 18.3 Å². The first-order valence-corrected chi connectivity index (χ1v) is 9.50. The van der Waals surface area contributed by atoms with Crippen molar-refractivity contribution in [2.24, 2.45) is 0 Å². The number of aryl methyl sites for hydroxylation is 2. The molecule has 0 aliphatic carbocycles. The first-order chi connectivity index (χ1) is 12.2. The van der Waals surface area contributed by atoms with E-state index in [2.05, 4.69) is 11.4 Å². The van der Waals surface area contributed by atoms with Gasteiger partial charge < -0.3 is 5.32 Å². The molecule has 0 saturated carbocycles. The van der Waals surface area contributed by atoms with Gasteiger partial charge >= 0.3 is 0 Å². The second-order valence-electron chi connectivity index (χ2n) is 6.12. The number of nitriles is 1. The van der Waals surface area contributed by atoms with Crippen LogP contribution in [0.2, 0.25) is 0 Å². The van der Waals surface area contributed by atoms with Gasteiger partial charge in [0.15, 0.2) is 0 Å². The van der Waals surface area contributed by atoms with Crippen LogP contribution in [0.1, 0.15) is 23.1 Å². The van der Waals surface area contributed by atoms with E-state index in [1.807, 2.05) is 19.1 Å². The normalized spacial score (nSPS) is 11.2. The average molecular weight is 371 g/mol. The quantitative estimate of drug-likeness (QED) is 0.845. The van der Waals surface area contributed by atoms with E-state index in [1.165, 1.54) is 26.2 Å². The topological polar surface area (TPSA) is 90.3 Å². The smallest absolute Gasteiger partial charge is 0.242 e. The van der Waals surface area contributed by atoms with Crippen molar-refractivity contribution in [2.75, 3.05) is 19.4 Å². The number of hydrogen-bond donors (Lipinski definition) is 1. The van der Waals surface area contributed by atoms with Crippen LogP contribution in [0.4, 0.5) is 5.69 Å². The first-order valence-electron chi connectivity index (χ1n) is 8.06. The molecule has 0 radical (unpaired) electrons. The van der Waals surface area contributed by atoms with Crippen molar-refractivity contribution in [1.29, 1.82) is 5.26 Å². The molecule has 0 aliphatic rings. The van der Waals surface area contributed by atoms with Gasteiger partial charge in [-0.1, -0.05) is 18.2 Å². The van der Waals surface area contributed by atoms with Crippen LogP contribution in [0.5, 0.6) is 0 Å².